The van der Waals surface area contributed by atoms with E-state index in [0.29, 0.717) is 18.7 Å². The van der Waals surface area contributed by atoms with Crippen molar-refractivity contribution in [2.24, 2.45) is 0 Å². The van der Waals surface area contributed by atoms with Gasteiger partial charge in [0.15, 0.2) is 0 Å². The molecule has 20 heavy (non-hydrogen) atoms. The molecule has 1 aliphatic rings. The van der Waals surface area contributed by atoms with Crippen LogP contribution in [0.2, 0.25) is 0 Å². The van der Waals surface area contributed by atoms with Gasteiger partial charge in [-0.25, -0.2) is 0 Å². The number of aliphatic carboxylic acids is 1. The van der Waals surface area contributed by atoms with Crippen LogP contribution >= 0.6 is 11.8 Å². The van der Waals surface area contributed by atoms with E-state index in [9.17, 15) is 9.59 Å². The van der Waals surface area contributed by atoms with Gasteiger partial charge in [0.05, 0.1) is 10.9 Å². The Labute approximate surface area is 122 Å². The number of carboxylic acid groups (broad SMARTS) is 1. The first-order chi connectivity index (χ1) is 9.52. The molecule has 1 aromatic carbocycles. The summed E-state index contributed by atoms with van der Waals surface area (Å²) < 4.78 is 0. The van der Waals surface area contributed by atoms with E-state index in [1.165, 1.54) is 0 Å². The van der Waals surface area contributed by atoms with E-state index in [-0.39, 0.29) is 17.6 Å². The molecule has 1 atom stereocenters. The van der Waals surface area contributed by atoms with Crippen LogP contribution in [0.1, 0.15) is 26.2 Å². The first-order valence-corrected chi connectivity index (χ1v) is 7.50. The molecule has 0 bridgehead atoms. The van der Waals surface area contributed by atoms with Crippen LogP contribution < -0.4 is 10.6 Å². The molecule has 5 nitrogen and oxygen atoms in total. The Bertz CT molecular complexity index is 533. The molecular weight excluding hydrogens is 276 g/mol. The third-order valence-corrected chi connectivity index (χ3v) is 4.65. The Balaban J connectivity index is 2.25. The van der Waals surface area contributed by atoms with Crippen molar-refractivity contribution < 1.29 is 14.7 Å². The second kappa shape index (κ2) is 6.17. The number of fused-ring (bicyclic) bond motifs is 1. The summed E-state index contributed by atoms with van der Waals surface area (Å²) in [5.74, 6) is -0.801. The highest BCUT2D eigenvalue weighted by Gasteiger charge is 2.32. The van der Waals surface area contributed by atoms with Gasteiger partial charge < -0.3 is 15.7 Å². The zero-order valence-electron chi connectivity index (χ0n) is 11.3. The van der Waals surface area contributed by atoms with Gasteiger partial charge in [-0.15, -0.1) is 11.8 Å². The van der Waals surface area contributed by atoms with E-state index in [1.54, 1.807) is 22.7 Å². The smallest absolute Gasteiger partial charge is 0.303 e. The number of hydrogen-bond donors (Lipinski definition) is 2. The fourth-order valence-corrected chi connectivity index (χ4v) is 3.36. The van der Waals surface area contributed by atoms with E-state index < -0.39 is 5.97 Å². The van der Waals surface area contributed by atoms with Crippen LogP contribution in [0.3, 0.4) is 0 Å². The molecule has 1 aromatic rings. The highest BCUT2D eigenvalue weighted by molar-refractivity contribution is 8.01. The minimum atomic E-state index is -0.844. The van der Waals surface area contributed by atoms with Gasteiger partial charge in [-0.2, -0.15) is 0 Å². The molecule has 1 aliphatic heterocycles. The van der Waals surface area contributed by atoms with Crippen LogP contribution in [0.15, 0.2) is 23.1 Å². The SMILES string of the molecule is CCC1Sc2ccc(N)cc2N(CCCC(=O)O)C1=O. The van der Waals surface area contributed by atoms with Crippen molar-refractivity contribution in [1.82, 2.24) is 0 Å². The van der Waals surface area contributed by atoms with Gasteiger partial charge in [0.25, 0.3) is 0 Å². The summed E-state index contributed by atoms with van der Waals surface area (Å²) in [5, 5.41) is 8.62. The number of benzene rings is 1. The topological polar surface area (TPSA) is 83.6 Å². The predicted octanol–water partition coefficient (Wildman–Crippen LogP) is 2.35. The lowest BCUT2D eigenvalue weighted by atomic mass is 10.2. The number of carbonyl (C=O) groups excluding carboxylic acids is 1. The normalized spacial score (nSPS) is 17.9. The largest absolute Gasteiger partial charge is 0.481 e. The maximum atomic E-state index is 12.4. The Kier molecular flexibility index (Phi) is 4.54. The zero-order chi connectivity index (χ0) is 14.7. The number of nitrogen functional groups attached to an aromatic ring is 1. The Morgan fingerprint density at radius 1 is 1.50 bits per heavy atom. The summed E-state index contributed by atoms with van der Waals surface area (Å²) >= 11 is 1.55. The minimum Gasteiger partial charge on any atom is -0.481 e. The second-order valence-corrected chi connectivity index (χ2v) is 5.97. The Morgan fingerprint density at radius 2 is 2.25 bits per heavy atom. The lowest BCUT2D eigenvalue weighted by Gasteiger charge is -2.33. The number of thioether (sulfide) groups is 1. The summed E-state index contributed by atoms with van der Waals surface area (Å²) in [7, 11) is 0. The van der Waals surface area contributed by atoms with Crippen molar-refractivity contribution in [2.45, 2.75) is 36.3 Å². The standard InChI is InChI=1S/C14H18N2O3S/c1-2-11-14(19)16(7-3-4-13(17)18)10-8-9(15)5-6-12(10)20-11/h5-6,8,11H,2-4,7,15H2,1H3,(H,17,18). The third kappa shape index (κ3) is 3.07. The summed E-state index contributed by atoms with van der Waals surface area (Å²) in [6.07, 6.45) is 1.25. The summed E-state index contributed by atoms with van der Waals surface area (Å²) in [6.45, 7) is 2.39. The maximum Gasteiger partial charge on any atom is 0.303 e. The lowest BCUT2D eigenvalue weighted by Crippen LogP contribution is -2.41. The summed E-state index contributed by atoms with van der Waals surface area (Å²) in [4.78, 5) is 25.7. The van der Waals surface area contributed by atoms with Gasteiger partial charge in [0.1, 0.15) is 0 Å². The molecule has 0 aliphatic carbocycles. The van der Waals surface area contributed by atoms with Gasteiger partial charge >= 0.3 is 5.97 Å². The first-order valence-electron chi connectivity index (χ1n) is 6.62. The molecular formula is C14H18N2O3S. The summed E-state index contributed by atoms with van der Waals surface area (Å²) in [5.41, 5.74) is 7.20. The van der Waals surface area contributed by atoms with Crippen molar-refractivity contribution in [2.75, 3.05) is 17.2 Å². The van der Waals surface area contributed by atoms with E-state index in [0.717, 1.165) is 17.0 Å². The summed E-state index contributed by atoms with van der Waals surface area (Å²) in [6, 6.07) is 5.53. The number of rotatable bonds is 5. The quantitative estimate of drug-likeness (QED) is 0.814. The number of carboxylic acids is 1. The van der Waals surface area contributed by atoms with E-state index >= 15 is 0 Å². The van der Waals surface area contributed by atoms with Crippen LogP contribution in [-0.4, -0.2) is 28.8 Å². The maximum absolute atomic E-state index is 12.4. The van der Waals surface area contributed by atoms with Crippen molar-refractivity contribution >= 4 is 35.0 Å². The lowest BCUT2D eigenvalue weighted by molar-refractivity contribution is -0.137. The van der Waals surface area contributed by atoms with Crippen LogP contribution in [-0.2, 0) is 9.59 Å². The highest BCUT2D eigenvalue weighted by Crippen LogP contribution is 2.41. The van der Waals surface area contributed by atoms with E-state index in [2.05, 4.69) is 0 Å². The van der Waals surface area contributed by atoms with Crippen molar-refractivity contribution in [3.63, 3.8) is 0 Å². The van der Waals surface area contributed by atoms with Crippen molar-refractivity contribution in [3.05, 3.63) is 18.2 Å². The van der Waals surface area contributed by atoms with Gasteiger partial charge in [-0.3, -0.25) is 9.59 Å². The van der Waals surface area contributed by atoms with Crippen LogP contribution in [0.4, 0.5) is 11.4 Å². The van der Waals surface area contributed by atoms with Crippen molar-refractivity contribution in [1.29, 1.82) is 0 Å². The zero-order valence-corrected chi connectivity index (χ0v) is 12.2. The molecule has 6 heteroatoms. The molecule has 1 amide bonds. The molecule has 0 saturated heterocycles. The Hall–Kier alpha value is -1.69. The fourth-order valence-electron chi connectivity index (χ4n) is 2.22. The number of amides is 1. The molecule has 0 radical (unpaired) electrons. The highest BCUT2D eigenvalue weighted by atomic mass is 32.2. The monoisotopic (exact) mass is 294 g/mol. The predicted molar refractivity (Wildman–Crippen MR) is 80.0 cm³/mol. The van der Waals surface area contributed by atoms with E-state index in [4.69, 9.17) is 10.8 Å². The Morgan fingerprint density at radius 3 is 2.90 bits per heavy atom. The number of nitrogens with zero attached hydrogens (tertiary/aromatic N) is 1. The third-order valence-electron chi connectivity index (χ3n) is 3.23. The second-order valence-electron chi connectivity index (χ2n) is 4.73. The molecule has 1 heterocycles. The van der Waals surface area contributed by atoms with Gasteiger partial charge in [0, 0.05) is 23.5 Å². The fraction of sp³-hybridized carbons (Fsp3) is 0.429. The van der Waals surface area contributed by atoms with Crippen LogP contribution in [0.25, 0.3) is 0 Å². The molecule has 0 saturated carbocycles. The molecule has 108 valence electrons. The number of nitrogens with two attached hydrogens (primary N) is 1. The molecule has 2 rings (SSSR count). The molecule has 0 fully saturated rings. The molecule has 0 spiro atoms. The molecule has 0 aromatic heterocycles. The minimum absolute atomic E-state index is 0.0426. The van der Waals surface area contributed by atoms with Gasteiger partial charge in [-0.1, -0.05) is 6.92 Å². The first kappa shape index (κ1) is 14.7. The van der Waals surface area contributed by atoms with Gasteiger partial charge in [0.2, 0.25) is 5.91 Å². The average Bonchev–Trinajstić information content (AvgIpc) is 2.41. The average molecular weight is 294 g/mol. The molecule has 1 unspecified atom stereocenters. The van der Waals surface area contributed by atoms with Crippen molar-refractivity contribution in [3.8, 4) is 0 Å². The molecule has 3 N–H and O–H groups in total. The number of hydrogen-bond acceptors (Lipinski definition) is 4. The number of carbonyl (C=O) groups is 2. The van der Waals surface area contributed by atoms with Gasteiger partial charge in [-0.05, 0) is 31.0 Å². The van der Waals surface area contributed by atoms with Crippen LogP contribution in [0.5, 0.6) is 0 Å². The number of anilines is 2. The van der Waals surface area contributed by atoms with Crippen LogP contribution in [0, 0.1) is 0 Å². The van der Waals surface area contributed by atoms with E-state index in [1.807, 2.05) is 19.1 Å².